The molecule has 2 saturated carbocycles. The molecule has 6 rings (SSSR count). The van der Waals surface area contributed by atoms with Crippen molar-refractivity contribution in [3.63, 3.8) is 0 Å². The first-order valence-electron chi connectivity index (χ1n) is 9.06. The Balaban J connectivity index is 1.64. The van der Waals surface area contributed by atoms with E-state index in [1.54, 1.807) is 0 Å². The number of hydrogen-bond donors (Lipinski definition) is 0. The van der Waals surface area contributed by atoms with Crippen LogP contribution in [0.4, 0.5) is 0 Å². The molecule has 2 nitrogen and oxygen atoms in total. The molecule has 2 unspecified atom stereocenters. The van der Waals surface area contributed by atoms with Crippen LogP contribution in [0.25, 0.3) is 0 Å². The molecule has 124 valence electrons. The molecule has 4 aliphatic rings. The van der Waals surface area contributed by atoms with E-state index in [1.165, 1.54) is 28.8 Å². The highest BCUT2D eigenvalue weighted by molar-refractivity contribution is 7.80. The minimum absolute atomic E-state index is 0.124. The van der Waals surface area contributed by atoms with Gasteiger partial charge in [-0.1, -0.05) is 50.3 Å². The number of imidazole rings is 1. The lowest BCUT2D eigenvalue weighted by atomic mass is 9.65. The van der Waals surface area contributed by atoms with Crippen LogP contribution in [0.2, 0.25) is 0 Å². The van der Waals surface area contributed by atoms with Gasteiger partial charge < -0.3 is 4.57 Å². The van der Waals surface area contributed by atoms with Gasteiger partial charge in [-0.15, -0.1) is 0 Å². The standard InChI is InChI=1S/C21H24N2S/c1-19(2)17-7-8-21(19,13-23-10-9-22-14-23)18(24)20(17)11-15-3-4-16(12-20)6-5-15/h3-6,9-10,14,17H,7-8,11-13H2,1-2H3. The maximum Gasteiger partial charge on any atom is 0.0946 e. The molecule has 0 saturated heterocycles. The summed E-state index contributed by atoms with van der Waals surface area (Å²) in [6.07, 6.45) is 10.7. The molecule has 0 aliphatic heterocycles. The third-order valence-corrected chi connectivity index (χ3v) is 8.39. The Morgan fingerprint density at radius 3 is 2.42 bits per heavy atom. The number of nitrogens with zero attached hydrogens (tertiary/aromatic N) is 2. The molecular weight excluding hydrogens is 312 g/mol. The Morgan fingerprint density at radius 2 is 1.83 bits per heavy atom. The quantitative estimate of drug-likeness (QED) is 0.753. The molecule has 24 heavy (non-hydrogen) atoms. The fourth-order valence-corrected chi connectivity index (χ4v) is 7.15. The minimum Gasteiger partial charge on any atom is -0.337 e. The van der Waals surface area contributed by atoms with Crippen LogP contribution in [0.1, 0.15) is 37.8 Å². The maximum absolute atomic E-state index is 6.31. The van der Waals surface area contributed by atoms with Crippen LogP contribution in [0, 0.1) is 22.2 Å². The van der Waals surface area contributed by atoms with Gasteiger partial charge in [0.15, 0.2) is 0 Å². The van der Waals surface area contributed by atoms with Crippen LogP contribution < -0.4 is 0 Å². The number of rotatable bonds is 2. The second-order valence-electron chi connectivity index (χ2n) is 8.79. The number of hydrogen-bond acceptors (Lipinski definition) is 2. The SMILES string of the molecule is CC1(C)C2CCC1(Cn1ccnc1)C(=S)C21Cc2ccc(cc2)C1. The van der Waals surface area contributed by atoms with Crippen molar-refractivity contribution < 1.29 is 0 Å². The normalized spacial score (nSPS) is 31.8. The summed E-state index contributed by atoms with van der Waals surface area (Å²) in [5.41, 5.74) is 3.46. The van der Waals surface area contributed by atoms with Crippen molar-refractivity contribution >= 4 is 17.1 Å². The van der Waals surface area contributed by atoms with E-state index in [4.69, 9.17) is 12.2 Å². The predicted octanol–water partition coefficient (Wildman–Crippen LogP) is 4.47. The first-order valence-corrected chi connectivity index (χ1v) is 9.47. The van der Waals surface area contributed by atoms with Crippen molar-refractivity contribution in [3.8, 4) is 0 Å². The third kappa shape index (κ3) is 1.62. The number of fused-ring (bicyclic) bond motifs is 4. The van der Waals surface area contributed by atoms with Crippen LogP contribution in [0.5, 0.6) is 0 Å². The average Bonchev–Trinajstić information content (AvgIpc) is 3.07. The van der Waals surface area contributed by atoms with Crippen molar-refractivity contribution in [2.24, 2.45) is 22.2 Å². The fourth-order valence-electron chi connectivity index (χ4n) is 6.43. The lowest BCUT2D eigenvalue weighted by molar-refractivity contribution is 0.118. The fraction of sp³-hybridized carbons (Fsp3) is 0.524. The summed E-state index contributed by atoms with van der Waals surface area (Å²) in [5, 5.41) is 0. The van der Waals surface area contributed by atoms with Crippen molar-refractivity contribution in [2.75, 3.05) is 0 Å². The molecule has 2 atom stereocenters. The second kappa shape index (κ2) is 4.57. The van der Waals surface area contributed by atoms with Crippen LogP contribution >= 0.6 is 12.2 Å². The van der Waals surface area contributed by atoms with Gasteiger partial charge in [-0.2, -0.15) is 0 Å². The predicted molar refractivity (Wildman–Crippen MR) is 100 cm³/mol. The van der Waals surface area contributed by atoms with E-state index in [0.717, 1.165) is 19.4 Å². The van der Waals surface area contributed by atoms with Crippen LogP contribution in [0.15, 0.2) is 43.0 Å². The monoisotopic (exact) mass is 336 g/mol. The highest BCUT2D eigenvalue weighted by Crippen LogP contribution is 2.72. The Kier molecular flexibility index (Phi) is 2.82. The van der Waals surface area contributed by atoms with Crippen molar-refractivity contribution in [2.45, 2.75) is 46.1 Å². The molecule has 2 aromatic rings. The summed E-state index contributed by atoms with van der Waals surface area (Å²) in [6, 6.07) is 9.25. The highest BCUT2D eigenvalue weighted by Gasteiger charge is 2.71. The molecule has 3 heteroatoms. The maximum atomic E-state index is 6.31. The van der Waals surface area contributed by atoms with Crippen LogP contribution in [-0.4, -0.2) is 14.4 Å². The summed E-state index contributed by atoms with van der Waals surface area (Å²) in [4.78, 5) is 5.61. The number of aromatic nitrogens is 2. The number of benzene rings is 1. The molecule has 4 aliphatic carbocycles. The Labute approximate surface area is 149 Å². The summed E-state index contributed by atoms with van der Waals surface area (Å²) in [5.74, 6) is 0.686. The van der Waals surface area contributed by atoms with Gasteiger partial charge in [0.1, 0.15) is 0 Å². The summed E-state index contributed by atoms with van der Waals surface area (Å²) >= 11 is 6.31. The lowest BCUT2D eigenvalue weighted by Crippen LogP contribution is -2.44. The molecule has 0 N–H and O–H groups in total. The van der Waals surface area contributed by atoms with E-state index in [0.29, 0.717) is 5.92 Å². The van der Waals surface area contributed by atoms with Crippen molar-refractivity contribution in [1.82, 2.24) is 9.55 Å². The molecule has 1 heterocycles. The zero-order valence-electron chi connectivity index (χ0n) is 14.5. The van der Waals surface area contributed by atoms with E-state index >= 15 is 0 Å². The van der Waals surface area contributed by atoms with Gasteiger partial charge in [0.05, 0.1) is 6.33 Å². The summed E-state index contributed by atoms with van der Waals surface area (Å²) in [6.45, 7) is 5.94. The molecule has 0 amide bonds. The first-order chi connectivity index (χ1) is 11.5. The Bertz CT molecular complexity index is 778. The Morgan fingerprint density at radius 1 is 1.17 bits per heavy atom. The van der Waals surface area contributed by atoms with Gasteiger partial charge in [-0.25, -0.2) is 4.98 Å². The molecule has 4 bridgehead atoms. The van der Waals surface area contributed by atoms with Gasteiger partial charge in [-0.3, -0.25) is 0 Å². The zero-order valence-corrected chi connectivity index (χ0v) is 15.3. The van der Waals surface area contributed by atoms with Crippen molar-refractivity contribution in [1.29, 1.82) is 0 Å². The molecule has 0 radical (unpaired) electrons. The summed E-state index contributed by atoms with van der Waals surface area (Å²) in [7, 11) is 0. The average molecular weight is 337 g/mol. The second-order valence-corrected chi connectivity index (χ2v) is 9.19. The van der Waals surface area contributed by atoms with Crippen LogP contribution in [0.3, 0.4) is 0 Å². The first kappa shape index (κ1) is 14.8. The van der Waals surface area contributed by atoms with Crippen molar-refractivity contribution in [3.05, 3.63) is 54.1 Å². The summed E-state index contributed by atoms with van der Waals surface area (Å²) < 4.78 is 2.25. The van der Waals surface area contributed by atoms with E-state index in [1.807, 2.05) is 12.5 Å². The number of thiocarbonyl (C=S) groups is 1. The van der Waals surface area contributed by atoms with E-state index in [-0.39, 0.29) is 16.2 Å². The largest absolute Gasteiger partial charge is 0.337 e. The smallest absolute Gasteiger partial charge is 0.0946 e. The topological polar surface area (TPSA) is 17.8 Å². The van der Waals surface area contributed by atoms with Gasteiger partial charge in [0.25, 0.3) is 0 Å². The molecule has 2 fully saturated rings. The van der Waals surface area contributed by atoms with Gasteiger partial charge >= 0.3 is 0 Å². The van der Waals surface area contributed by atoms with E-state index in [2.05, 4.69) is 53.9 Å². The minimum atomic E-state index is 0.124. The molecule has 1 aromatic carbocycles. The molecule has 1 aromatic heterocycles. The molecular formula is C21H24N2S. The van der Waals surface area contributed by atoms with Gasteiger partial charge in [0, 0.05) is 34.6 Å². The van der Waals surface area contributed by atoms with Gasteiger partial charge in [0.2, 0.25) is 0 Å². The van der Waals surface area contributed by atoms with E-state index < -0.39 is 0 Å². The lowest BCUT2D eigenvalue weighted by Gasteiger charge is -2.41. The zero-order chi connectivity index (χ0) is 16.6. The van der Waals surface area contributed by atoms with Gasteiger partial charge in [-0.05, 0) is 48.1 Å². The van der Waals surface area contributed by atoms with Crippen LogP contribution in [-0.2, 0) is 19.4 Å². The Hall–Kier alpha value is -1.48. The van der Waals surface area contributed by atoms with E-state index in [9.17, 15) is 0 Å². The highest BCUT2D eigenvalue weighted by atomic mass is 32.1. The third-order valence-electron chi connectivity index (χ3n) is 7.59. The molecule has 1 spiro atoms.